The van der Waals surface area contributed by atoms with Gasteiger partial charge in [0.2, 0.25) is 5.91 Å². The minimum Gasteiger partial charge on any atom is -0.472 e. The van der Waals surface area contributed by atoms with Crippen molar-refractivity contribution in [2.75, 3.05) is 6.54 Å². The molecule has 0 bridgehead atoms. The highest BCUT2D eigenvalue weighted by atomic mass is 19.4. The van der Waals surface area contributed by atoms with Crippen molar-refractivity contribution >= 4 is 17.2 Å². The number of furan rings is 1. The fourth-order valence-electron chi connectivity index (χ4n) is 2.61. The summed E-state index contributed by atoms with van der Waals surface area (Å²) < 4.78 is 57.6. The first-order chi connectivity index (χ1) is 15.5. The van der Waals surface area contributed by atoms with Crippen molar-refractivity contribution in [2.24, 2.45) is 4.99 Å². The van der Waals surface area contributed by atoms with Crippen LogP contribution in [0.15, 0.2) is 81.8 Å². The van der Waals surface area contributed by atoms with Crippen molar-refractivity contribution in [2.45, 2.75) is 40.8 Å². The third kappa shape index (κ3) is 10.2. The van der Waals surface area contributed by atoms with Gasteiger partial charge in [-0.1, -0.05) is 24.3 Å². The normalized spacial score (nSPS) is 13.4. The van der Waals surface area contributed by atoms with E-state index in [1.54, 1.807) is 38.1 Å². The maximum atomic E-state index is 13.5. The van der Waals surface area contributed by atoms with Gasteiger partial charge in [0.15, 0.2) is 0 Å². The van der Waals surface area contributed by atoms with Crippen molar-refractivity contribution in [1.29, 1.82) is 0 Å². The van der Waals surface area contributed by atoms with E-state index in [1.165, 1.54) is 38.5 Å². The number of carbonyl (C=O) groups excluding carboxylic acids is 1. The van der Waals surface area contributed by atoms with Gasteiger partial charge < -0.3 is 9.73 Å². The van der Waals surface area contributed by atoms with E-state index in [-0.39, 0.29) is 24.0 Å². The summed E-state index contributed by atoms with van der Waals surface area (Å²) in [5.74, 6) is -0.444. The van der Waals surface area contributed by atoms with Crippen LogP contribution in [0.25, 0.3) is 5.57 Å². The summed E-state index contributed by atoms with van der Waals surface area (Å²) in [5.41, 5.74) is 1.18. The van der Waals surface area contributed by atoms with Crippen LogP contribution < -0.4 is 5.32 Å². The molecule has 4 nitrogen and oxygen atoms in total. The summed E-state index contributed by atoms with van der Waals surface area (Å²) in [7, 11) is 0. The lowest BCUT2D eigenvalue weighted by Crippen LogP contribution is -2.23. The number of aliphatic imine (C=N–C) groups is 1. The molecular weight excluding hydrogens is 436 g/mol. The fourth-order valence-corrected chi connectivity index (χ4v) is 2.61. The van der Waals surface area contributed by atoms with E-state index < -0.39 is 11.7 Å². The van der Waals surface area contributed by atoms with Crippen molar-refractivity contribution < 1.29 is 26.8 Å². The summed E-state index contributed by atoms with van der Waals surface area (Å²) in [6, 6.07) is 8.08. The standard InChI is InChI=1S/C18H21F3N2O2.C7H7F/c1-5-14(15-7-8-25-11-15)9-17(18(19,20)21)12(3)23-16(6-2)10-22-13(4)24;1-6-3-2-4-7(8)5-6/h5-9,11H,10H2,1-4H3,(H,22,24);2-5H,1H3/b14-5+,16-6-,17-9+,23-12-;. The van der Waals surface area contributed by atoms with E-state index in [2.05, 4.69) is 10.3 Å². The van der Waals surface area contributed by atoms with E-state index in [9.17, 15) is 22.4 Å². The van der Waals surface area contributed by atoms with Crippen LogP contribution >= 0.6 is 0 Å². The van der Waals surface area contributed by atoms with E-state index in [0.717, 1.165) is 11.6 Å². The number of amides is 1. The molecule has 0 saturated heterocycles. The molecule has 0 aliphatic heterocycles. The molecule has 1 amide bonds. The minimum atomic E-state index is -4.57. The maximum absolute atomic E-state index is 13.5. The van der Waals surface area contributed by atoms with Gasteiger partial charge in [-0.25, -0.2) is 4.39 Å². The Labute approximate surface area is 191 Å². The molecule has 1 aromatic heterocycles. The Morgan fingerprint density at radius 3 is 2.27 bits per heavy atom. The number of hydrogen-bond acceptors (Lipinski definition) is 3. The SMILES string of the molecule is C\C=C(CNC(C)=O)/N=C(C)\C(=C/C(=C\C)c1ccoc1)C(F)(F)F.Cc1cccc(F)c1. The molecule has 0 aliphatic carbocycles. The number of alkyl halides is 3. The van der Waals surface area contributed by atoms with Crippen molar-refractivity contribution in [1.82, 2.24) is 5.32 Å². The summed E-state index contributed by atoms with van der Waals surface area (Å²) in [5, 5.41) is 2.52. The van der Waals surface area contributed by atoms with Gasteiger partial charge in [-0.3, -0.25) is 9.79 Å². The van der Waals surface area contributed by atoms with E-state index in [0.29, 0.717) is 16.8 Å². The monoisotopic (exact) mass is 464 g/mol. The molecule has 0 unspecified atom stereocenters. The molecule has 33 heavy (non-hydrogen) atoms. The second-order valence-corrected chi connectivity index (χ2v) is 7.00. The molecule has 2 aromatic rings. The van der Waals surface area contributed by atoms with E-state index in [4.69, 9.17) is 4.42 Å². The first kappa shape index (κ1) is 27.6. The largest absolute Gasteiger partial charge is 0.472 e. The third-order valence-corrected chi connectivity index (χ3v) is 4.30. The highest BCUT2D eigenvalue weighted by Crippen LogP contribution is 2.30. The van der Waals surface area contributed by atoms with Crippen LogP contribution in [0.2, 0.25) is 0 Å². The Morgan fingerprint density at radius 2 is 1.85 bits per heavy atom. The molecule has 0 radical (unpaired) electrons. The minimum absolute atomic E-state index is 0.0620. The predicted molar refractivity (Wildman–Crippen MR) is 123 cm³/mol. The lowest BCUT2D eigenvalue weighted by molar-refractivity contribution is -0.118. The quantitative estimate of drug-likeness (QED) is 0.290. The third-order valence-electron chi connectivity index (χ3n) is 4.30. The summed E-state index contributed by atoms with van der Waals surface area (Å²) in [4.78, 5) is 15.0. The predicted octanol–water partition coefficient (Wildman–Crippen LogP) is 6.81. The Bertz CT molecular complexity index is 1010. The highest BCUT2D eigenvalue weighted by molar-refractivity contribution is 6.02. The van der Waals surface area contributed by atoms with Gasteiger partial charge in [-0.05, 0) is 63.1 Å². The van der Waals surface area contributed by atoms with Crippen LogP contribution in [0.1, 0.15) is 38.8 Å². The van der Waals surface area contributed by atoms with Gasteiger partial charge in [0.1, 0.15) is 5.82 Å². The van der Waals surface area contributed by atoms with Gasteiger partial charge >= 0.3 is 6.18 Å². The average Bonchev–Trinajstić information content (AvgIpc) is 3.25. The molecule has 0 spiro atoms. The molecule has 0 aliphatic rings. The number of aryl methyl sites for hydroxylation is 1. The number of nitrogens with zero attached hydrogens (tertiary/aromatic N) is 1. The van der Waals surface area contributed by atoms with Gasteiger partial charge in [0.25, 0.3) is 0 Å². The maximum Gasteiger partial charge on any atom is 0.418 e. The number of allylic oxidation sites excluding steroid dienone is 5. The number of halogens is 4. The summed E-state index contributed by atoms with van der Waals surface area (Å²) in [6.45, 7) is 7.84. The van der Waals surface area contributed by atoms with Crippen LogP contribution in [0.5, 0.6) is 0 Å². The Balaban J connectivity index is 0.000000568. The van der Waals surface area contributed by atoms with E-state index >= 15 is 0 Å². The van der Waals surface area contributed by atoms with Gasteiger partial charge in [-0.2, -0.15) is 13.2 Å². The van der Waals surface area contributed by atoms with Crippen molar-refractivity contribution in [3.05, 3.63) is 89.3 Å². The second kappa shape index (κ2) is 13.2. The first-order valence-corrected chi connectivity index (χ1v) is 10.1. The number of rotatable bonds is 6. The van der Waals surface area contributed by atoms with Gasteiger partial charge in [0.05, 0.1) is 30.3 Å². The lowest BCUT2D eigenvalue weighted by atomic mass is 10.0. The molecule has 1 heterocycles. The Hall–Kier alpha value is -3.42. The zero-order chi connectivity index (χ0) is 25.0. The summed E-state index contributed by atoms with van der Waals surface area (Å²) >= 11 is 0. The second-order valence-electron chi connectivity index (χ2n) is 7.00. The zero-order valence-corrected chi connectivity index (χ0v) is 19.3. The Morgan fingerprint density at radius 1 is 1.15 bits per heavy atom. The number of nitrogens with one attached hydrogen (secondary N) is 1. The molecule has 1 aromatic carbocycles. The Kier molecular flexibility index (Phi) is 11.0. The van der Waals surface area contributed by atoms with Crippen LogP contribution in [-0.4, -0.2) is 24.3 Å². The highest BCUT2D eigenvalue weighted by Gasteiger charge is 2.35. The molecule has 0 saturated carbocycles. The van der Waals surface area contributed by atoms with Crippen molar-refractivity contribution in [3.63, 3.8) is 0 Å². The lowest BCUT2D eigenvalue weighted by Gasteiger charge is -2.13. The number of carbonyl (C=O) groups is 1. The van der Waals surface area contributed by atoms with Gasteiger partial charge in [0, 0.05) is 18.2 Å². The van der Waals surface area contributed by atoms with Gasteiger partial charge in [-0.15, -0.1) is 0 Å². The van der Waals surface area contributed by atoms with Crippen molar-refractivity contribution in [3.8, 4) is 0 Å². The van der Waals surface area contributed by atoms with Crippen LogP contribution in [0.4, 0.5) is 17.6 Å². The zero-order valence-electron chi connectivity index (χ0n) is 19.3. The van der Waals surface area contributed by atoms with E-state index in [1.807, 2.05) is 13.0 Å². The molecular formula is C25H28F4N2O2. The molecule has 8 heteroatoms. The number of benzene rings is 1. The molecule has 2 rings (SSSR count). The van der Waals surface area contributed by atoms with Crippen LogP contribution in [-0.2, 0) is 4.79 Å². The average molecular weight is 465 g/mol. The van der Waals surface area contributed by atoms with Crippen LogP contribution in [0, 0.1) is 12.7 Å². The molecule has 178 valence electrons. The molecule has 1 N–H and O–H groups in total. The first-order valence-electron chi connectivity index (χ1n) is 10.1. The molecule has 0 atom stereocenters. The fraction of sp³-hybridized carbons (Fsp3) is 0.280. The van der Waals surface area contributed by atoms with Crippen LogP contribution in [0.3, 0.4) is 0 Å². The summed E-state index contributed by atoms with van der Waals surface area (Å²) in [6.07, 6.45) is 2.36. The smallest absolute Gasteiger partial charge is 0.418 e. The number of hydrogen-bond donors (Lipinski definition) is 1. The topological polar surface area (TPSA) is 54.6 Å². The molecule has 0 fully saturated rings.